The molecule has 16 heavy (non-hydrogen) atoms. The summed E-state index contributed by atoms with van der Waals surface area (Å²) in [6.45, 7) is 0.0861. The number of rotatable bonds is 3. The van der Waals surface area contributed by atoms with Crippen molar-refractivity contribution < 1.29 is 9.21 Å². The molecule has 0 amide bonds. The van der Waals surface area contributed by atoms with Crippen molar-refractivity contribution in [1.82, 2.24) is 9.78 Å². The number of carbonyl (C=O) groups is 1. The van der Waals surface area contributed by atoms with E-state index >= 15 is 0 Å². The summed E-state index contributed by atoms with van der Waals surface area (Å²) in [5.74, 6) is 0.604. The normalized spacial score (nSPS) is 10.2. The average Bonchev–Trinajstić information content (AvgIpc) is 2.71. The maximum absolute atomic E-state index is 11.3. The molecule has 6 heteroatoms. The van der Waals surface area contributed by atoms with Crippen LogP contribution in [0.4, 0.5) is 0 Å². The van der Waals surface area contributed by atoms with E-state index in [9.17, 15) is 14.4 Å². The smallest absolute Gasteiger partial charge is 0.265 e. The van der Waals surface area contributed by atoms with Gasteiger partial charge in [-0.05, 0) is 12.1 Å². The van der Waals surface area contributed by atoms with Gasteiger partial charge >= 0.3 is 0 Å². The number of aromatic amines is 1. The van der Waals surface area contributed by atoms with Crippen LogP contribution in [0.25, 0.3) is 0 Å². The van der Waals surface area contributed by atoms with Gasteiger partial charge in [0.15, 0.2) is 12.0 Å². The number of H-pyrrole nitrogens is 1. The van der Waals surface area contributed by atoms with E-state index < -0.39 is 0 Å². The number of hydrogen-bond acceptors (Lipinski definition) is 4. The van der Waals surface area contributed by atoms with Gasteiger partial charge in [-0.15, -0.1) is 0 Å². The van der Waals surface area contributed by atoms with E-state index in [1.165, 1.54) is 12.1 Å². The van der Waals surface area contributed by atoms with Crippen LogP contribution in [-0.2, 0) is 6.54 Å². The van der Waals surface area contributed by atoms with Crippen molar-refractivity contribution in [2.24, 2.45) is 0 Å². The van der Waals surface area contributed by atoms with Gasteiger partial charge in [0, 0.05) is 12.1 Å². The summed E-state index contributed by atoms with van der Waals surface area (Å²) < 4.78 is 6.19. The number of nitrogens with zero attached hydrogens (tertiary/aromatic N) is 1. The van der Waals surface area contributed by atoms with Crippen molar-refractivity contribution in [3.8, 4) is 0 Å². The molecule has 0 saturated heterocycles. The average molecular weight is 220 g/mol. The van der Waals surface area contributed by atoms with Crippen LogP contribution in [0.3, 0.4) is 0 Å². The fourth-order valence-electron chi connectivity index (χ4n) is 1.28. The minimum atomic E-state index is -0.373. The Morgan fingerprint density at radius 2 is 2.06 bits per heavy atom. The van der Waals surface area contributed by atoms with Crippen LogP contribution in [0.15, 0.2) is 38.3 Å². The molecule has 0 radical (unpaired) electrons. The zero-order valence-corrected chi connectivity index (χ0v) is 8.17. The number of aldehydes is 1. The highest BCUT2D eigenvalue weighted by Crippen LogP contribution is 2.05. The molecule has 2 heterocycles. The van der Waals surface area contributed by atoms with Crippen LogP contribution in [0.1, 0.15) is 16.3 Å². The van der Waals surface area contributed by atoms with Crippen molar-refractivity contribution in [3.63, 3.8) is 0 Å². The Labute approximate surface area is 89.1 Å². The van der Waals surface area contributed by atoms with E-state index in [1.54, 1.807) is 6.07 Å². The first kappa shape index (κ1) is 10.2. The van der Waals surface area contributed by atoms with E-state index in [-0.39, 0.29) is 23.4 Å². The molecule has 0 aliphatic heterocycles. The summed E-state index contributed by atoms with van der Waals surface area (Å²) in [7, 11) is 0. The van der Waals surface area contributed by atoms with Gasteiger partial charge in [0.05, 0.1) is 0 Å². The number of nitrogens with one attached hydrogen (secondary N) is 1. The zero-order valence-electron chi connectivity index (χ0n) is 8.17. The number of furan rings is 1. The van der Waals surface area contributed by atoms with Gasteiger partial charge < -0.3 is 4.42 Å². The minimum absolute atomic E-state index is 0.0861. The van der Waals surface area contributed by atoms with Crippen molar-refractivity contribution in [2.45, 2.75) is 6.54 Å². The monoisotopic (exact) mass is 220 g/mol. The van der Waals surface area contributed by atoms with Crippen molar-refractivity contribution in [1.29, 1.82) is 0 Å². The predicted octanol–water partition coefficient (Wildman–Crippen LogP) is -0.00960. The van der Waals surface area contributed by atoms with Gasteiger partial charge in [0.1, 0.15) is 12.3 Å². The molecule has 82 valence electrons. The number of carbonyl (C=O) groups excluding carboxylic acids is 1. The van der Waals surface area contributed by atoms with Crippen molar-refractivity contribution in [3.05, 3.63) is 56.5 Å². The Morgan fingerprint density at radius 1 is 1.25 bits per heavy atom. The third-order valence-electron chi connectivity index (χ3n) is 2.00. The molecule has 0 saturated carbocycles. The van der Waals surface area contributed by atoms with Crippen molar-refractivity contribution >= 4 is 6.29 Å². The minimum Gasteiger partial charge on any atom is -0.456 e. The highest BCUT2D eigenvalue weighted by atomic mass is 16.3. The SMILES string of the molecule is O=Cc1ccc(Cn2[nH]c(=O)ccc2=O)o1. The Morgan fingerprint density at radius 3 is 2.75 bits per heavy atom. The molecule has 0 atom stereocenters. The fourth-order valence-corrected chi connectivity index (χ4v) is 1.28. The van der Waals surface area contributed by atoms with Crippen molar-refractivity contribution in [2.75, 3.05) is 0 Å². The fraction of sp³-hybridized carbons (Fsp3) is 0.100. The molecule has 2 aromatic rings. The lowest BCUT2D eigenvalue weighted by atomic mass is 10.4. The summed E-state index contributed by atoms with van der Waals surface area (Å²) in [6.07, 6.45) is 0.569. The standard InChI is InChI=1S/C10H8N2O4/c13-6-8-2-1-7(16-8)5-12-10(15)4-3-9(14)11-12/h1-4,6H,5H2,(H,11,14). The highest BCUT2D eigenvalue weighted by Gasteiger charge is 2.03. The molecule has 0 aliphatic carbocycles. The van der Waals surface area contributed by atoms with Gasteiger partial charge in [-0.2, -0.15) is 0 Å². The summed E-state index contributed by atoms with van der Waals surface area (Å²) in [6, 6.07) is 5.39. The third kappa shape index (κ3) is 2.00. The summed E-state index contributed by atoms with van der Waals surface area (Å²) in [5.41, 5.74) is -0.717. The van der Waals surface area contributed by atoms with E-state index in [4.69, 9.17) is 4.42 Å². The molecule has 0 spiro atoms. The van der Waals surface area contributed by atoms with Gasteiger partial charge in [-0.1, -0.05) is 0 Å². The predicted molar refractivity (Wildman–Crippen MR) is 54.5 cm³/mol. The third-order valence-corrected chi connectivity index (χ3v) is 2.00. The Bertz CT molecular complexity index is 620. The first-order valence-corrected chi connectivity index (χ1v) is 4.53. The lowest BCUT2D eigenvalue weighted by Gasteiger charge is -2.00. The number of aromatic nitrogens is 2. The van der Waals surface area contributed by atoms with Gasteiger partial charge in [-0.3, -0.25) is 19.5 Å². The van der Waals surface area contributed by atoms with Crippen LogP contribution in [0, 0.1) is 0 Å². The van der Waals surface area contributed by atoms with Crippen LogP contribution in [-0.4, -0.2) is 16.1 Å². The lowest BCUT2D eigenvalue weighted by Crippen LogP contribution is -2.28. The van der Waals surface area contributed by atoms with E-state index in [0.717, 1.165) is 10.7 Å². The summed E-state index contributed by atoms with van der Waals surface area (Å²) >= 11 is 0. The molecule has 2 rings (SSSR count). The quantitative estimate of drug-likeness (QED) is 0.737. The van der Waals surface area contributed by atoms with Crippen LogP contribution >= 0.6 is 0 Å². The highest BCUT2D eigenvalue weighted by molar-refractivity contribution is 5.70. The molecule has 0 bridgehead atoms. The zero-order chi connectivity index (χ0) is 11.5. The second-order valence-corrected chi connectivity index (χ2v) is 3.16. The Balaban J connectivity index is 2.33. The summed E-state index contributed by atoms with van der Waals surface area (Å²) in [5, 5.41) is 2.35. The molecular formula is C10H8N2O4. The molecule has 0 fully saturated rings. The maximum Gasteiger partial charge on any atom is 0.265 e. The largest absolute Gasteiger partial charge is 0.456 e. The van der Waals surface area contributed by atoms with E-state index in [1.807, 2.05) is 0 Å². The second kappa shape index (κ2) is 4.01. The van der Waals surface area contributed by atoms with Gasteiger partial charge in [0.25, 0.3) is 11.1 Å². The molecule has 6 nitrogen and oxygen atoms in total. The molecule has 0 unspecified atom stereocenters. The number of hydrogen-bond donors (Lipinski definition) is 1. The Kier molecular flexibility index (Phi) is 2.55. The molecule has 0 aromatic carbocycles. The van der Waals surface area contributed by atoms with Crippen LogP contribution < -0.4 is 11.1 Å². The van der Waals surface area contributed by atoms with Gasteiger partial charge in [0.2, 0.25) is 0 Å². The van der Waals surface area contributed by atoms with E-state index in [2.05, 4.69) is 5.10 Å². The Hall–Kier alpha value is -2.37. The first-order valence-electron chi connectivity index (χ1n) is 4.53. The van der Waals surface area contributed by atoms with E-state index in [0.29, 0.717) is 12.0 Å². The second-order valence-electron chi connectivity index (χ2n) is 3.16. The van der Waals surface area contributed by atoms with Crippen LogP contribution in [0.2, 0.25) is 0 Å². The molecule has 0 aliphatic rings. The molecule has 2 aromatic heterocycles. The maximum atomic E-state index is 11.3. The topological polar surface area (TPSA) is 85.1 Å². The summed E-state index contributed by atoms with van der Waals surface area (Å²) in [4.78, 5) is 32.7. The van der Waals surface area contributed by atoms with Crippen LogP contribution in [0.5, 0.6) is 0 Å². The lowest BCUT2D eigenvalue weighted by molar-refractivity contribution is 0.109. The van der Waals surface area contributed by atoms with Gasteiger partial charge in [-0.25, -0.2) is 4.68 Å². The molecular weight excluding hydrogens is 212 g/mol. The molecule has 1 N–H and O–H groups in total. The first-order chi connectivity index (χ1) is 7.69.